The normalized spacial score (nSPS) is 10.7. The first-order valence-electron chi connectivity index (χ1n) is 6.68. The van der Waals surface area contributed by atoms with Gasteiger partial charge < -0.3 is 10.2 Å². The molecular formula is C15H22N4. The monoisotopic (exact) mass is 258 g/mol. The average Bonchev–Trinajstić information content (AvgIpc) is 2.87. The Morgan fingerprint density at radius 2 is 1.84 bits per heavy atom. The van der Waals surface area contributed by atoms with Crippen molar-refractivity contribution in [1.82, 2.24) is 15.1 Å². The van der Waals surface area contributed by atoms with Crippen molar-refractivity contribution in [3.63, 3.8) is 0 Å². The Kier molecular flexibility index (Phi) is 4.58. The van der Waals surface area contributed by atoms with E-state index in [9.17, 15) is 0 Å². The Bertz CT molecular complexity index is 499. The molecule has 1 N–H and O–H groups in total. The molecule has 0 amide bonds. The molecule has 2 rings (SSSR count). The van der Waals surface area contributed by atoms with E-state index < -0.39 is 0 Å². The Morgan fingerprint density at radius 1 is 1.11 bits per heavy atom. The fraction of sp³-hybridized carbons (Fsp3) is 0.400. The number of anilines is 1. The van der Waals surface area contributed by atoms with Gasteiger partial charge in [-0.05, 0) is 30.7 Å². The van der Waals surface area contributed by atoms with Crippen molar-refractivity contribution >= 4 is 5.69 Å². The minimum atomic E-state index is 0.850. The van der Waals surface area contributed by atoms with Crippen molar-refractivity contribution in [3.8, 4) is 0 Å². The van der Waals surface area contributed by atoms with Crippen molar-refractivity contribution in [1.29, 1.82) is 0 Å². The number of aromatic nitrogens is 2. The summed E-state index contributed by atoms with van der Waals surface area (Å²) in [4.78, 5) is 2.11. The first-order chi connectivity index (χ1) is 9.20. The minimum absolute atomic E-state index is 0.850. The molecular weight excluding hydrogens is 236 g/mol. The first-order valence-corrected chi connectivity index (χ1v) is 6.68. The van der Waals surface area contributed by atoms with Gasteiger partial charge in [0.05, 0.1) is 5.69 Å². The van der Waals surface area contributed by atoms with Crippen LogP contribution in [0.4, 0.5) is 5.69 Å². The van der Waals surface area contributed by atoms with E-state index in [0.29, 0.717) is 0 Å². The summed E-state index contributed by atoms with van der Waals surface area (Å²) >= 11 is 0. The summed E-state index contributed by atoms with van der Waals surface area (Å²) in [5.41, 5.74) is 3.76. The van der Waals surface area contributed by atoms with Crippen LogP contribution >= 0.6 is 0 Å². The summed E-state index contributed by atoms with van der Waals surface area (Å²) in [6.45, 7) is 4.75. The fourth-order valence-corrected chi connectivity index (χ4v) is 2.04. The summed E-state index contributed by atoms with van der Waals surface area (Å²) < 4.78 is 2.02. The lowest BCUT2D eigenvalue weighted by atomic mass is 10.2. The molecule has 0 aliphatic carbocycles. The van der Waals surface area contributed by atoms with E-state index in [0.717, 1.165) is 19.6 Å². The highest BCUT2D eigenvalue weighted by molar-refractivity contribution is 5.45. The summed E-state index contributed by atoms with van der Waals surface area (Å²) in [5, 5.41) is 7.72. The molecule has 4 heteroatoms. The molecule has 0 radical (unpaired) electrons. The number of rotatable bonds is 6. The molecule has 0 fully saturated rings. The molecule has 0 saturated heterocycles. The minimum Gasteiger partial charge on any atom is -0.378 e. The Morgan fingerprint density at radius 3 is 2.47 bits per heavy atom. The molecule has 0 bridgehead atoms. The highest BCUT2D eigenvalue weighted by Gasteiger charge is 2.00. The zero-order valence-corrected chi connectivity index (χ0v) is 11.9. The number of hydrogen-bond donors (Lipinski definition) is 1. The standard InChI is InChI=1S/C15H22N4/c1-4-19-15(9-10-17-19)12-16-11-13-5-7-14(8-6-13)18(2)3/h5-10,16H,4,11-12H2,1-3H3. The third-order valence-electron chi connectivity index (χ3n) is 3.19. The maximum Gasteiger partial charge on any atom is 0.0522 e. The molecule has 4 nitrogen and oxygen atoms in total. The Balaban J connectivity index is 1.85. The summed E-state index contributed by atoms with van der Waals surface area (Å²) in [7, 11) is 4.11. The van der Waals surface area contributed by atoms with Crippen LogP contribution in [0.1, 0.15) is 18.2 Å². The lowest BCUT2D eigenvalue weighted by Crippen LogP contribution is -2.16. The third-order valence-corrected chi connectivity index (χ3v) is 3.19. The van der Waals surface area contributed by atoms with Gasteiger partial charge in [0.25, 0.3) is 0 Å². The molecule has 0 saturated carbocycles. The summed E-state index contributed by atoms with van der Waals surface area (Å²) in [6.07, 6.45) is 1.85. The molecule has 1 aromatic carbocycles. The van der Waals surface area contributed by atoms with Crippen LogP contribution in [-0.2, 0) is 19.6 Å². The van der Waals surface area contributed by atoms with Crippen LogP contribution in [0.25, 0.3) is 0 Å². The molecule has 0 aliphatic rings. The quantitative estimate of drug-likeness (QED) is 0.863. The molecule has 0 atom stereocenters. The van der Waals surface area contributed by atoms with Crippen molar-refractivity contribution in [2.75, 3.05) is 19.0 Å². The van der Waals surface area contributed by atoms with E-state index in [4.69, 9.17) is 0 Å². The first kappa shape index (κ1) is 13.6. The van der Waals surface area contributed by atoms with Crippen LogP contribution in [0.2, 0.25) is 0 Å². The Labute approximate surface area is 115 Å². The number of hydrogen-bond acceptors (Lipinski definition) is 3. The largest absolute Gasteiger partial charge is 0.378 e. The lowest BCUT2D eigenvalue weighted by molar-refractivity contribution is 0.581. The molecule has 0 unspecified atom stereocenters. The number of aryl methyl sites for hydroxylation is 1. The number of benzene rings is 1. The van der Waals surface area contributed by atoms with E-state index in [1.54, 1.807) is 0 Å². The molecule has 102 valence electrons. The highest BCUT2D eigenvalue weighted by Crippen LogP contribution is 2.12. The third kappa shape index (κ3) is 3.58. The van der Waals surface area contributed by atoms with Gasteiger partial charge in [0.1, 0.15) is 0 Å². The summed E-state index contributed by atoms with van der Waals surface area (Å²) in [5.74, 6) is 0. The predicted molar refractivity (Wildman–Crippen MR) is 79.2 cm³/mol. The topological polar surface area (TPSA) is 33.1 Å². The SMILES string of the molecule is CCn1nccc1CNCc1ccc(N(C)C)cc1. The maximum atomic E-state index is 4.26. The zero-order valence-electron chi connectivity index (χ0n) is 11.9. The van der Waals surface area contributed by atoms with Crippen LogP contribution < -0.4 is 10.2 Å². The van der Waals surface area contributed by atoms with E-state index in [1.807, 2.05) is 10.9 Å². The van der Waals surface area contributed by atoms with Gasteiger partial charge in [0.2, 0.25) is 0 Å². The summed E-state index contributed by atoms with van der Waals surface area (Å²) in [6, 6.07) is 10.7. The molecule has 0 aliphatic heterocycles. The predicted octanol–water partition coefficient (Wildman–Crippen LogP) is 2.26. The van der Waals surface area contributed by atoms with Crippen LogP contribution in [0.5, 0.6) is 0 Å². The molecule has 2 aromatic rings. The van der Waals surface area contributed by atoms with Gasteiger partial charge in [-0.15, -0.1) is 0 Å². The number of nitrogens with zero attached hydrogens (tertiary/aromatic N) is 3. The number of nitrogens with one attached hydrogen (secondary N) is 1. The van der Waals surface area contributed by atoms with Crippen LogP contribution in [0, 0.1) is 0 Å². The maximum absolute atomic E-state index is 4.26. The van der Waals surface area contributed by atoms with Crippen molar-refractivity contribution < 1.29 is 0 Å². The smallest absolute Gasteiger partial charge is 0.0522 e. The van der Waals surface area contributed by atoms with E-state index in [2.05, 4.69) is 66.7 Å². The van der Waals surface area contributed by atoms with Gasteiger partial charge in [0, 0.05) is 45.6 Å². The second-order valence-electron chi connectivity index (χ2n) is 4.80. The van der Waals surface area contributed by atoms with Gasteiger partial charge in [-0.25, -0.2) is 0 Å². The van der Waals surface area contributed by atoms with Crippen LogP contribution in [0.15, 0.2) is 36.5 Å². The van der Waals surface area contributed by atoms with Gasteiger partial charge in [-0.2, -0.15) is 5.10 Å². The fourth-order valence-electron chi connectivity index (χ4n) is 2.04. The van der Waals surface area contributed by atoms with Crippen LogP contribution in [0.3, 0.4) is 0 Å². The molecule has 1 aromatic heterocycles. The van der Waals surface area contributed by atoms with Crippen molar-refractivity contribution in [3.05, 3.63) is 47.8 Å². The van der Waals surface area contributed by atoms with E-state index >= 15 is 0 Å². The van der Waals surface area contributed by atoms with E-state index in [1.165, 1.54) is 16.9 Å². The average molecular weight is 258 g/mol. The van der Waals surface area contributed by atoms with Gasteiger partial charge in [0.15, 0.2) is 0 Å². The molecule has 19 heavy (non-hydrogen) atoms. The Hall–Kier alpha value is -1.81. The van der Waals surface area contributed by atoms with Gasteiger partial charge in [-0.3, -0.25) is 4.68 Å². The second-order valence-corrected chi connectivity index (χ2v) is 4.80. The lowest BCUT2D eigenvalue weighted by Gasteiger charge is -2.13. The van der Waals surface area contributed by atoms with Crippen LogP contribution in [-0.4, -0.2) is 23.9 Å². The molecule has 0 spiro atoms. The molecule has 1 heterocycles. The van der Waals surface area contributed by atoms with Crippen molar-refractivity contribution in [2.24, 2.45) is 0 Å². The van der Waals surface area contributed by atoms with E-state index in [-0.39, 0.29) is 0 Å². The van der Waals surface area contributed by atoms with Gasteiger partial charge >= 0.3 is 0 Å². The zero-order chi connectivity index (χ0) is 13.7. The van der Waals surface area contributed by atoms with Crippen molar-refractivity contribution in [2.45, 2.75) is 26.6 Å². The second kappa shape index (κ2) is 6.38. The highest BCUT2D eigenvalue weighted by atomic mass is 15.3. The van der Waals surface area contributed by atoms with Gasteiger partial charge in [-0.1, -0.05) is 12.1 Å².